The fraction of sp³-hybridized carbons (Fsp3) is 0.412. The number of nitrogens with zero attached hydrogens (tertiary/aromatic N) is 7. The molecule has 7 atom stereocenters. The summed E-state index contributed by atoms with van der Waals surface area (Å²) in [6, 6.07) is 0. The summed E-state index contributed by atoms with van der Waals surface area (Å²) < 4.78 is 35.9. The standard InChI is InChI=1S/C17H20N10O9P2S2/c18-11-9-12(21-3-20-11)26(4-22-9)8-1-6(35-37(31)39)7(34-8)2-33-38(32,40)36-16(30)15(29)27-5-23-10-13(27)24-17(19)25-14(10)28/h3-8,15-16,29-30H,1-2H2,(H6-,18,19,20,21,24,25,28,31,32,39,40)/p+1/t6-,7?,8+,15+,16?,38?/m0/s1. The number of nitrogen functional groups attached to an aromatic ring is 2. The van der Waals surface area contributed by atoms with Crippen molar-refractivity contribution in [2.75, 3.05) is 18.1 Å². The molecule has 0 aromatic carbocycles. The van der Waals surface area contributed by atoms with Crippen LogP contribution in [0.25, 0.3) is 22.3 Å². The molecule has 0 amide bonds. The lowest BCUT2D eigenvalue weighted by Gasteiger charge is -2.25. The van der Waals surface area contributed by atoms with Crippen molar-refractivity contribution in [3.8, 4) is 0 Å². The number of aromatic amines is 1. The average molecular weight is 635 g/mol. The van der Waals surface area contributed by atoms with Gasteiger partial charge in [0.1, 0.15) is 42.5 Å². The zero-order valence-electron chi connectivity index (χ0n) is 19.9. The largest absolute Gasteiger partial charge is 0.582 e. The Bertz CT molecular complexity index is 1680. The Morgan fingerprint density at radius 2 is 2.00 bits per heavy atom. The lowest BCUT2D eigenvalue weighted by molar-refractivity contribution is -0.141. The molecule has 1 saturated heterocycles. The summed E-state index contributed by atoms with van der Waals surface area (Å²) in [6.07, 6.45) is -2.69. The van der Waals surface area contributed by atoms with E-state index in [1.165, 1.54) is 12.7 Å². The quantitative estimate of drug-likeness (QED) is 0.0653. The highest BCUT2D eigenvalue weighted by atomic mass is 32.7. The van der Waals surface area contributed by atoms with Crippen LogP contribution in [-0.2, 0) is 34.7 Å². The third-order valence-corrected chi connectivity index (χ3v) is 8.00. The SMILES string of the molecule is Nc1nc2c(ncn2[C@H](O)C(O)OP(O)(=S)OCC2O[C@@H](n3cnc4c(N)ncnc43)C[C@@H]2O[P+](=O)S)c(=O)[nH]1. The molecular formula is C17H21N10O9P2S2+. The van der Waals surface area contributed by atoms with Crippen LogP contribution in [0.5, 0.6) is 0 Å². The summed E-state index contributed by atoms with van der Waals surface area (Å²) in [5.41, 5.74) is 11.1. The first-order chi connectivity index (χ1) is 18.9. The minimum Gasteiger partial charge on any atom is -0.382 e. The van der Waals surface area contributed by atoms with E-state index in [0.29, 0.717) is 11.2 Å². The van der Waals surface area contributed by atoms with Crippen molar-refractivity contribution in [2.24, 2.45) is 0 Å². The van der Waals surface area contributed by atoms with Gasteiger partial charge in [-0.05, 0) is 16.4 Å². The summed E-state index contributed by atoms with van der Waals surface area (Å²) >= 11 is 8.77. The molecule has 5 heterocycles. The predicted octanol–water partition coefficient (Wildman–Crippen LogP) is -0.557. The van der Waals surface area contributed by atoms with Gasteiger partial charge in [0.15, 0.2) is 28.9 Å². The Morgan fingerprint density at radius 1 is 1.25 bits per heavy atom. The molecule has 214 valence electrons. The van der Waals surface area contributed by atoms with Crippen molar-refractivity contribution in [3.63, 3.8) is 0 Å². The first-order valence-corrected chi connectivity index (χ1v) is 16.0. The number of fused-ring (bicyclic) bond motifs is 2. The van der Waals surface area contributed by atoms with Gasteiger partial charge in [-0.2, -0.15) is 4.98 Å². The smallest absolute Gasteiger partial charge is 0.382 e. The number of ether oxygens (including phenoxy) is 1. The van der Waals surface area contributed by atoms with Gasteiger partial charge in [0.05, 0.1) is 19.3 Å². The Balaban J connectivity index is 1.27. The third-order valence-electron chi connectivity index (χ3n) is 5.74. The third kappa shape index (κ3) is 5.85. The van der Waals surface area contributed by atoms with E-state index in [1.807, 2.05) is 0 Å². The molecule has 5 rings (SSSR count). The zero-order valence-corrected chi connectivity index (χ0v) is 23.4. The van der Waals surface area contributed by atoms with Crippen LogP contribution in [0, 0.1) is 0 Å². The number of hydrogen-bond acceptors (Lipinski definition) is 16. The molecule has 8 N–H and O–H groups in total. The lowest BCUT2D eigenvalue weighted by Crippen LogP contribution is -2.29. The highest BCUT2D eigenvalue weighted by Gasteiger charge is 2.43. The molecule has 4 unspecified atom stereocenters. The van der Waals surface area contributed by atoms with Gasteiger partial charge in [0, 0.05) is 6.42 Å². The first kappa shape index (κ1) is 28.8. The Labute approximate surface area is 233 Å². The minimum absolute atomic E-state index is 0.157. The maximum absolute atomic E-state index is 12.0. The number of anilines is 2. The van der Waals surface area contributed by atoms with Crippen molar-refractivity contribution in [2.45, 2.75) is 37.4 Å². The number of thiol groups is 1. The fourth-order valence-electron chi connectivity index (χ4n) is 3.99. The van der Waals surface area contributed by atoms with Crippen LogP contribution in [0.1, 0.15) is 18.9 Å². The predicted molar refractivity (Wildman–Crippen MR) is 143 cm³/mol. The van der Waals surface area contributed by atoms with Crippen LogP contribution < -0.4 is 17.0 Å². The number of aliphatic hydroxyl groups excluding tert-OH is 2. The first-order valence-electron chi connectivity index (χ1n) is 11.1. The number of aliphatic hydroxyl groups is 2. The van der Waals surface area contributed by atoms with Crippen LogP contribution >= 0.6 is 26.2 Å². The van der Waals surface area contributed by atoms with Gasteiger partial charge in [0.2, 0.25) is 12.2 Å². The van der Waals surface area contributed by atoms with Gasteiger partial charge in [-0.25, -0.2) is 19.9 Å². The monoisotopic (exact) mass is 635 g/mol. The second-order valence-electron chi connectivity index (χ2n) is 8.28. The van der Waals surface area contributed by atoms with E-state index >= 15 is 0 Å². The molecule has 4 aromatic rings. The van der Waals surface area contributed by atoms with E-state index in [9.17, 15) is 24.5 Å². The number of nitrogens with one attached hydrogen (secondary N) is 1. The number of nitrogens with two attached hydrogens (primary N) is 2. The molecule has 1 fully saturated rings. The van der Waals surface area contributed by atoms with Crippen LogP contribution in [0.15, 0.2) is 23.8 Å². The molecule has 23 heteroatoms. The number of aromatic nitrogens is 8. The molecule has 0 saturated carbocycles. The summed E-state index contributed by atoms with van der Waals surface area (Å²) in [4.78, 5) is 44.7. The van der Waals surface area contributed by atoms with E-state index in [0.717, 1.165) is 10.9 Å². The normalized spacial score (nSPS) is 22.9. The number of rotatable bonds is 10. The Morgan fingerprint density at radius 3 is 2.75 bits per heavy atom. The van der Waals surface area contributed by atoms with Crippen LogP contribution in [0.2, 0.25) is 0 Å². The highest BCUT2D eigenvalue weighted by Crippen LogP contribution is 2.48. The van der Waals surface area contributed by atoms with E-state index in [1.54, 1.807) is 4.57 Å². The van der Waals surface area contributed by atoms with E-state index in [-0.39, 0.29) is 29.4 Å². The van der Waals surface area contributed by atoms with Gasteiger partial charge in [-0.1, -0.05) is 0 Å². The average Bonchev–Trinajstić information content (AvgIpc) is 3.59. The summed E-state index contributed by atoms with van der Waals surface area (Å²) in [7, 11) is -2.35. The molecule has 0 bridgehead atoms. The van der Waals surface area contributed by atoms with Gasteiger partial charge in [-0.3, -0.25) is 23.4 Å². The van der Waals surface area contributed by atoms with E-state index in [2.05, 4.69) is 42.2 Å². The van der Waals surface area contributed by atoms with Gasteiger partial charge in [0.25, 0.3) is 5.56 Å². The van der Waals surface area contributed by atoms with Crippen LogP contribution in [-0.4, -0.2) is 79.2 Å². The molecule has 0 spiro atoms. The van der Waals surface area contributed by atoms with Crippen molar-refractivity contribution in [3.05, 3.63) is 29.3 Å². The summed E-state index contributed by atoms with van der Waals surface area (Å²) in [5, 5.41) is 20.9. The van der Waals surface area contributed by atoms with Crippen LogP contribution in [0.4, 0.5) is 11.8 Å². The number of imidazole rings is 2. The molecular weight excluding hydrogens is 614 g/mol. The molecule has 4 aromatic heterocycles. The fourth-order valence-corrected chi connectivity index (χ4v) is 6.03. The van der Waals surface area contributed by atoms with Gasteiger partial charge in [-0.15, -0.1) is 4.52 Å². The highest BCUT2D eigenvalue weighted by molar-refractivity contribution is 8.39. The topological polar surface area (TPSA) is 274 Å². The second kappa shape index (κ2) is 11.3. The molecule has 1 aliphatic heterocycles. The van der Waals surface area contributed by atoms with Gasteiger partial charge >= 0.3 is 13.9 Å². The van der Waals surface area contributed by atoms with Crippen LogP contribution in [0.3, 0.4) is 0 Å². The van der Waals surface area contributed by atoms with E-state index < -0.39 is 57.1 Å². The maximum atomic E-state index is 12.0. The molecule has 0 radical (unpaired) electrons. The molecule has 0 aliphatic carbocycles. The van der Waals surface area contributed by atoms with E-state index in [4.69, 9.17) is 41.6 Å². The second-order valence-corrected chi connectivity index (χ2v) is 12.7. The van der Waals surface area contributed by atoms with Crippen molar-refractivity contribution in [1.29, 1.82) is 0 Å². The van der Waals surface area contributed by atoms with Crippen molar-refractivity contribution in [1.82, 2.24) is 39.0 Å². The zero-order chi connectivity index (χ0) is 28.8. The number of H-pyrrole nitrogens is 1. The Kier molecular flexibility index (Phi) is 8.15. The molecule has 1 aliphatic rings. The maximum Gasteiger partial charge on any atom is 0.582 e. The van der Waals surface area contributed by atoms with Crippen molar-refractivity contribution >= 4 is 72.1 Å². The summed E-state index contributed by atoms with van der Waals surface area (Å²) in [5.74, 6) is -0.0897. The molecule has 40 heavy (non-hydrogen) atoms. The minimum atomic E-state index is -4.23. The van der Waals surface area contributed by atoms with Gasteiger partial charge < -0.3 is 35.8 Å². The summed E-state index contributed by atoms with van der Waals surface area (Å²) in [6.45, 7) is -4.66. The van der Waals surface area contributed by atoms with Crippen molar-refractivity contribution < 1.29 is 38.0 Å². The number of hydrogen-bond donors (Lipinski definition) is 7. The Hall–Kier alpha value is -2.68. The molecule has 19 nitrogen and oxygen atoms in total. The lowest BCUT2D eigenvalue weighted by atomic mass is 10.2.